The van der Waals surface area contributed by atoms with E-state index in [0.29, 0.717) is 5.56 Å². The predicted molar refractivity (Wildman–Crippen MR) is 97.9 cm³/mol. The SMILES string of the molecule is CCOC(=O)[C@@H]1C(=O)C[C@@]2(C[C@@H]1c1ccc([N+](=O)[O-])cc1)ON=C(C)[C@@H]2[N+](=O)[O-]. The Labute approximate surface area is 165 Å². The van der Waals surface area contributed by atoms with Crippen LogP contribution in [0.1, 0.15) is 38.2 Å². The second kappa shape index (κ2) is 7.57. The fourth-order valence-electron chi connectivity index (χ4n) is 4.14. The molecule has 1 spiro atoms. The molecule has 0 radical (unpaired) electrons. The lowest BCUT2D eigenvalue weighted by molar-refractivity contribution is -0.523. The average Bonchev–Trinajstić information content (AvgIpc) is 2.96. The van der Waals surface area contributed by atoms with E-state index in [1.165, 1.54) is 31.2 Å². The van der Waals surface area contributed by atoms with Crippen molar-refractivity contribution in [3.63, 3.8) is 0 Å². The number of non-ortho nitro benzene ring substituents is 1. The lowest BCUT2D eigenvalue weighted by Gasteiger charge is -2.39. The largest absolute Gasteiger partial charge is 0.465 e. The summed E-state index contributed by atoms with van der Waals surface area (Å²) in [6.45, 7) is 3.12. The molecule has 11 nitrogen and oxygen atoms in total. The first-order valence-electron chi connectivity index (χ1n) is 9.00. The molecule has 0 unspecified atom stereocenters. The summed E-state index contributed by atoms with van der Waals surface area (Å²) >= 11 is 0. The van der Waals surface area contributed by atoms with E-state index in [0.717, 1.165) is 0 Å². The minimum absolute atomic E-state index is 0.0352. The van der Waals surface area contributed by atoms with Crippen LogP contribution in [0.4, 0.5) is 5.69 Å². The minimum Gasteiger partial charge on any atom is -0.465 e. The standard InChI is InChI=1S/C18H19N3O8/c1-3-28-17(23)15-13(11-4-6-12(7-5-11)20(24)25)8-18(9-14(15)22)16(21(26)27)10(2)19-29-18/h4-7,13,15-16H,3,8-9H2,1-2H3/t13-,15+,16+,18-/m1/s1. The normalized spacial score (nSPS) is 28.6. The minimum atomic E-state index is -1.51. The summed E-state index contributed by atoms with van der Waals surface area (Å²) in [5.74, 6) is -3.27. The van der Waals surface area contributed by atoms with Gasteiger partial charge in [-0.05, 0) is 19.4 Å². The number of carbonyl (C=O) groups excluding carboxylic acids is 2. The van der Waals surface area contributed by atoms with Gasteiger partial charge in [-0.2, -0.15) is 0 Å². The van der Waals surface area contributed by atoms with Crippen LogP contribution < -0.4 is 0 Å². The smallest absolute Gasteiger partial charge is 0.317 e. The van der Waals surface area contributed by atoms with Crippen molar-refractivity contribution in [2.75, 3.05) is 6.61 Å². The quantitative estimate of drug-likeness (QED) is 0.312. The fourth-order valence-corrected chi connectivity index (χ4v) is 4.14. The van der Waals surface area contributed by atoms with Crippen molar-refractivity contribution < 1.29 is 29.0 Å². The number of rotatable bonds is 5. The van der Waals surface area contributed by atoms with E-state index in [-0.39, 0.29) is 30.8 Å². The van der Waals surface area contributed by atoms with E-state index in [1.54, 1.807) is 6.92 Å². The van der Waals surface area contributed by atoms with Crippen molar-refractivity contribution in [1.29, 1.82) is 0 Å². The van der Waals surface area contributed by atoms with Crippen molar-refractivity contribution in [2.45, 2.75) is 44.2 Å². The van der Waals surface area contributed by atoms with Crippen LogP contribution in [0.15, 0.2) is 29.4 Å². The topological polar surface area (TPSA) is 151 Å². The van der Waals surface area contributed by atoms with E-state index >= 15 is 0 Å². The molecular formula is C18H19N3O8. The third-order valence-electron chi connectivity index (χ3n) is 5.34. The molecule has 1 aromatic carbocycles. The van der Waals surface area contributed by atoms with Crippen molar-refractivity contribution in [1.82, 2.24) is 0 Å². The Morgan fingerprint density at radius 3 is 2.52 bits per heavy atom. The summed E-state index contributed by atoms with van der Waals surface area (Å²) in [6.07, 6.45) is -0.390. The summed E-state index contributed by atoms with van der Waals surface area (Å²) in [4.78, 5) is 52.3. The van der Waals surface area contributed by atoms with Gasteiger partial charge in [0, 0.05) is 29.4 Å². The zero-order chi connectivity index (χ0) is 21.3. The Kier molecular flexibility index (Phi) is 5.31. The number of ether oxygens (including phenoxy) is 1. The summed E-state index contributed by atoms with van der Waals surface area (Å²) in [5, 5.41) is 26.3. The molecule has 0 amide bonds. The molecule has 1 aliphatic heterocycles. The molecule has 1 heterocycles. The number of oxime groups is 1. The molecule has 1 saturated carbocycles. The molecule has 1 aromatic rings. The van der Waals surface area contributed by atoms with Gasteiger partial charge in [0.1, 0.15) is 11.6 Å². The van der Waals surface area contributed by atoms with Gasteiger partial charge in [0.15, 0.2) is 5.78 Å². The lowest BCUT2D eigenvalue weighted by Crippen LogP contribution is -2.55. The third kappa shape index (κ3) is 3.55. The maximum Gasteiger partial charge on any atom is 0.317 e. The van der Waals surface area contributed by atoms with Crippen molar-refractivity contribution >= 4 is 23.2 Å². The van der Waals surface area contributed by atoms with Gasteiger partial charge < -0.3 is 9.57 Å². The Balaban J connectivity index is 2.03. The second-order valence-corrected chi connectivity index (χ2v) is 7.11. The van der Waals surface area contributed by atoms with Crippen molar-refractivity contribution in [2.24, 2.45) is 11.1 Å². The van der Waals surface area contributed by atoms with Gasteiger partial charge in [0.2, 0.25) is 5.60 Å². The second-order valence-electron chi connectivity index (χ2n) is 7.11. The third-order valence-corrected chi connectivity index (χ3v) is 5.34. The van der Waals surface area contributed by atoms with Crippen LogP contribution in [0, 0.1) is 26.1 Å². The molecule has 0 bridgehead atoms. The Morgan fingerprint density at radius 1 is 1.31 bits per heavy atom. The molecule has 11 heteroatoms. The number of carbonyl (C=O) groups is 2. The number of nitro benzene ring substituents is 1. The van der Waals surface area contributed by atoms with Crippen LogP contribution in [-0.2, 0) is 19.2 Å². The molecule has 1 aliphatic carbocycles. The molecule has 0 saturated heterocycles. The van der Waals surface area contributed by atoms with Gasteiger partial charge in [-0.3, -0.25) is 29.8 Å². The highest BCUT2D eigenvalue weighted by Crippen LogP contribution is 2.47. The highest BCUT2D eigenvalue weighted by atomic mass is 16.7. The Bertz CT molecular complexity index is 897. The summed E-state index contributed by atoms with van der Waals surface area (Å²) in [6, 6.07) is 4.06. The van der Waals surface area contributed by atoms with Gasteiger partial charge >= 0.3 is 5.97 Å². The van der Waals surface area contributed by atoms with E-state index in [9.17, 15) is 29.8 Å². The molecule has 1 fully saturated rings. The molecular weight excluding hydrogens is 386 g/mol. The van der Waals surface area contributed by atoms with Crippen molar-refractivity contribution in [3.05, 3.63) is 50.1 Å². The molecule has 29 heavy (non-hydrogen) atoms. The van der Waals surface area contributed by atoms with Gasteiger partial charge in [-0.1, -0.05) is 17.3 Å². The van der Waals surface area contributed by atoms with Crippen LogP contribution >= 0.6 is 0 Å². The molecule has 2 aliphatic rings. The lowest BCUT2D eigenvalue weighted by atomic mass is 9.65. The highest BCUT2D eigenvalue weighted by molar-refractivity contribution is 6.02. The van der Waals surface area contributed by atoms with Gasteiger partial charge in [-0.25, -0.2) is 0 Å². The number of ketones is 1. The maximum absolute atomic E-state index is 12.9. The first-order chi connectivity index (χ1) is 13.7. The maximum atomic E-state index is 12.9. The summed E-state index contributed by atoms with van der Waals surface area (Å²) in [5.41, 5.74) is -1.07. The number of nitro groups is 2. The zero-order valence-electron chi connectivity index (χ0n) is 15.8. The van der Waals surface area contributed by atoms with Crippen LogP contribution in [0.2, 0.25) is 0 Å². The fraction of sp³-hybridized carbons (Fsp3) is 0.500. The van der Waals surface area contributed by atoms with Gasteiger partial charge in [0.25, 0.3) is 11.7 Å². The molecule has 4 atom stereocenters. The predicted octanol–water partition coefficient (Wildman–Crippen LogP) is 2.01. The van der Waals surface area contributed by atoms with E-state index in [1.807, 2.05) is 0 Å². The molecule has 0 N–H and O–H groups in total. The Morgan fingerprint density at radius 2 is 1.97 bits per heavy atom. The van der Waals surface area contributed by atoms with Gasteiger partial charge in [-0.15, -0.1) is 0 Å². The Hall–Kier alpha value is -3.37. The van der Waals surface area contributed by atoms with Crippen LogP contribution in [0.3, 0.4) is 0 Å². The monoisotopic (exact) mass is 405 g/mol. The van der Waals surface area contributed by atoms with E-state index in [2.05, 4.69) is 5.16 Å². The van der Waals surface area contributed by atoms with E-state index < -0.39 is 45.1 Å². The number of Topliss-reactive ketones (excluding diaryl/α,β-unsaturated/α-hetero) is 1. The van der Waals surface area contributed by atoms with E-state index in [4.69, 9.17) is 9.57 Å². The van der Waals surface area contributed by atoms with Crippen LogP contribution in [0.5, 0.6) is 0 Å². The average molecular weight is 405 g/mol. The first-order valence-corrected chi connectivity index (χ1v) is 9.00. The number of hydrogen-bond acceptors (Lipinski definition) is 9. The molecule has 3 rings (SSSR count). The zero-order valence-corrected chi connectivity index (χ0v) is 15.8. The summed E-state index contributed by atoms with van der Waals surface area (Å²) < 4.78 is 5.04. The number of nitrogens with zero attached hydrogens (tertiary/aromatic N) is 3. The van der Waals surface area contributed by atoms with Crippen molar-refractivity contribution in [3.8, 4) is 0 Å². The first kappa shape index (κ1) is 20.4. The number of esters is 1. The van der Waals surface area contributed by atoms with Crippen LogP contribution in [0.25, 0.3) is 0 Å². The number of benzene rings is 1. The number of hydrogen-bond donors (Lipinski definition) is 0. The summed E-state index contributed by atoms with van der Waals surface area (Å²) in [7, 11) is 0. The van der Waals surface area contributed by atoms with Gasteiger partial charge in [0.05, 0.1) is 18.0 Å². The highest BCUT2D eigenvalue weighted by Gasteiger charge is 2.63. The molecule has 0 aromatic heterocycles. The molecule has 154 valence electrons. The van der Waals surface area contributed by atoms with Crippen LogP contribution in [-0.4, -0.2) is 45.6 Å².